The summed E-state index contributed by atoms with van der Waals surface area (Å²) in [5.41, 5.74) is 3.12. The number of rotatable bonds is 4. The Morgan fingerprint density at radius 3 is 1.12 bits per heavy atom. The minimum atomic E-state index is -3.72. The van der Waals surface area contributed by atoms with Crippen LogP contribution in [0, 0.1) is 37.8 Å². The Morgan fingerprint density at radius 1 is 0.529 bits per heavy atom. The topological polar surface area (TPSA) is 74.8 Å². The van der Waals surface area contributed by atoms with Crippen LogP contribution >= 0.6 is 0 Å². The summed E-state index contributed by atoms with van der Waals surface area (Å²) in [5, 5.41) is 0. The fourth-order valence-corrected chi connectivity index (χ4v) is 4.70. The van der Waals surface area contributed by atoms with Gasteiger partial charge >= 0.3 is 0 Å². The van der Waals surface area contributed by atoms with E-state index in [4.69, 9.17) is 0 Å². The molecule has 0 aliphatic heterocycles. The van der Waals surface area contributed by atoms with Crippen LogP contribution in [0.2, 0.25) is 0 Å². The fraction of sp³-hybridized carbons (Fsp3) is 0.154. The van der Waals surface area contributed by atoms with Gasteiger partial charge in [-0.3, -0.25) is 0 Å². The Bertz CT molecular complexity index is 1380. The molecule has 3 rings (SSSR count). The highest BCUT2D eigenvalue weighted by Crippen LogP contribution is 2.15. The van der Waals surface area contributed by atoms with Gasteiger partial charge in [0.05, 0.1) is 9.79 Å². The van der Waals surface area contributed by atoms with E-state index in [-0.39, 0.29) is 9.79 Å². The molecule has 0 heterocycles. The van der Waals surface area contributed by atoms with E-state index >= 15 is 0 Å². The fourth-order valence-electron chi connectivity index (χ4n) is 2.78. The van der Waals surface area contributed by atoms with Crippen molar-refractivity contribution in [2.75, 3.05) is 14.1 Å². The van der Waals surface area contributed by atoms with Gasteiger partial charge in [0, 0.05) is 37.3 Å². The van der Waals surface area contributed by atoms with Gasteiger partial charge in [0.25, 0.3) is 20.0 Å². The lowest BCUT2D eigenvalue weighted by molar-refractivity contribution is 0.545. The van der Waals surface area contributed by atoms with Crippen molar-refractivity contribution in [1.82, 2.24) is 8.61 Å². The molecule has 34 heavy (non-hydrogen) atoms. The Kier molecular flexibility index (Phi) is 7.36. The van der Waals surface area contributed by atoms with Crippen molar-refractivity contribution < 1.29 is 16.8 Å². The Morgan fingerprint density at radius 2 is 0.824 bits per heavy atom. The maximum Gasteiger partial charge on any atom is 0.270 e. The molecule has 6 nitrogen and oxygen atoms in total. The highest BCUT2D eigenvalue weighted by Gasteiger charge is 2.19. The molecule has 0 fully saturated rings. The van der Waals surface area contributed by atoms with Crippen LogP contribution < -0.4 is 0 Å². The minimum absolute atomic E-state index is 0.172. The van der Waals surface area contributed by atoms with E-state index in [1.165, 1.54) is 14.1 Å². The smallest absolute Gasteiger partial charge is 0.227 e. The van der Waals surface area contributed by atoms with E-state index in [0.29, 0.717) is 11.1 Å². The van der Waals surface area contributed by atoms with Crippen LogP contribution in [-0.2, 0) is 20.0 Å². The molecule has 8 heteroatoms. The molecule has 0 N–H and O–H groups in total. The third-order valence-electron chi connectivity index (χ3n) is 4.96. The van der Waals surface area contributed by atoms with Gasteiger partial charge in [-0.1, -0.05) is 35.4 Å². The summed E-state index contributed by atoms with van der Waals surface area (Å²) < 4.78 is 52.4. The number of hydrogen-bond acceptors (Lipinski definition) is 4. The molecular weight excluding hydrogens is 468 g/mol. The lowest BCUT2D eigenvalue weighted by Gasteiger charge is -2.12. The monoisotopic (exact) mass is 492 g/mol. The second kappa shape index (κ2) is 10.0. The lowest BCUT2D eigenvalue weighted by Crippen LogP contribution is -2.22. The first-order valence-electron chi connectivity index (χ1n) is 10.2. The number of benzene rings is 3. The summed E-state index contributed by atoms with van der Waals surface area (Å²) in [5.74, 6) is 5.63. The molecule has 0 aliphatic carbocycles. The standard InChI is InChI=1S/C26H24N2O4S2/c1-21-5-13-25(14-6-21)33(29,30)27(3)19-17-23-9-11-24(12-10-23)18-20-28(4)34(31,32)26-15-7-22(2)8-16-26/h5-16H,1-4H3. The zero-order valence-electron chi connectivity index (χ0n) is 19.3. The van der Waals surface area contributed by atoms with Crippen LogP contribution in [0.1, 0.15) is 22.3 Å². The van der Waals surface area contributed by atoms with Crippen LogP contribution in [0.5, 0.6) is 0 Å². The molecule has 0 saturated carbocycles. The summed E-state index contributed by atoms with van der Waals surface area (Å²) >= 11 is 0. The second-order valence-electron chi connectivity index (χ2n) is 7.62. The van der Waals surface area contributed by atoms with E-state index < -0.39 is 20.0 Å². The highest BCUT2D eigenvalue weighted by atomic mass is 32.2. The first-order chi connectivity index (χ1) is 16.0. The molecule has 0 atom stereocenters. The lowest BCUT2D eigenvalue weighted by atomic mass is 10.1. The van der Waals surface area contributed by atoms with Crippen molar-refractivity contribution in [2.45, 2.75) is 23.6 Å². The largest absolute Gasteiger partial charge is 0.270 e. The molecular formula is C26H24N2O4S2. The number of hydrogen-bond donors (Lipinski definition) is 0. The minimum Gasteiger partial charge on any atom is -0.227 e. The van der Waals surface area contributed by atoms with Gasteiger partial charge in [0.2, 0.25) is 0 Å². The molecule has 0 aliphatic rings. The van der Waals surface area contributed by atoms with Gasteiger partial charge in [-0.15, -0.1) is 0 Å². The maximum absolute atomic E-state index is 12.6. The number of sulfonamides is 2. The van der Waals surface area contributed by atoms with Crippen molar-refractivity contribution in [3.8, 4) is 23.9 Å². The van der Waals surface area contributed by atoms with Crippen molar-refractivity contribution in [3.63, 3.8) is 0 Å². The summed E-state index contributed by atoms with van der Waals surface area (Å²) in [6, 6.07) is 25.2. The third kappa shape index (κ3) is 5.79. The second-order valence-corrected chi connectivity index (χ2v) is 11.6. The van der Waals surface area contributed by atoms with Crippen molar-refractivity contribution in [3.05, 3.63) is 95.1 Å². The van der Waals surface area contributed by atoms with Crippen molar-refractivity contribution in [2.24, 2.45) is 0 Å². The Hall–Kier alpha value is -3.72. The van der Waals surface area contributed by atoms with Gasteiger partial charge in [-0.2, -0.15) is 0 Å². The quantitative estimate of drug-likeness (QED) is 0.412. The third-order valence-corrected chi connectivity index (χ3v) is 8.32. The summed E-state index contributed by atoms with van der Waals surface area (Å²) in [6.45, 7) is 3.77. The summed E-state index contributed by atoms with van der Waals surface area (Å²) in [7, 11) is -4.64. The van der Waals surface area contributed by atoms with Crippen molar-refractivity contribution in [1.29, 1.82) is 0 Å². The van der Waals surface area contributed by atoms with Crippen LogP contribution in [0.25, 0.3) is 0 Å². The SMILES string of the molecule is Cc1ccc(S(=O)(=O)N(C)C#Cc2ccc(C#CN(C)S(=O)(=O)c3ccc(C)cc3)cc2)cc1. The first-order valence-corrected chi connectivity index (χ1v) is 13.1. The van der Waals surface area contributed by atoms with Crippen LogP contribution in [0.4, 0.5) is 0 Å². The molecule has 0 bridgehead atoms. The molecule has 3 aromatic carbocycles. The van der Waals surface area contributed by atoms with E-state index in [0.717, 1.165) is 19.7 Å². The zero-order valence-corrected chi connectivity index (χ0v) is 20.9. The van der Waals surface area contributed by atoms with Gasteiger partial charge in [-0.25, -0.2) is 25.4 Å². The number of aryl methyl sites for hydroxylation is 2. The van der Waals surface area contributed by atoms with Crippen LogP contribution in [-0.4, -0.2) is 39.5 Å². The predicted octanol–water partition coefficient (Wildman–Crippen LogP) is 3.56. The maximum atomic E-state index is 12.6. The van der Waals surface area contributed by atoms with E-state index in [1.54, 1.807) is 72.8 Å². The van der Waals surface area contributed by atoms with E-state index in [2.05, 4.69) is 23.9 Å². The molecule has 3 aromatic rings. The van der Waals surface area contributed by atoms with Crippen molar-refractivity contribution >= 4 is 20.0 Å². The average Bonchev–Trinajstić information content (AvgIpc) is 2.82. The average molecular weight is 493 g/mol. The zero-order chi connectivity index (χ0) is 24.9. The molecule has 174 valence electrons. The molecule has 0 radical (unpaired) electrons. The van der Waals surface area contributed by atoms with Crippen LogP contribution in [0.15, 0.2) is 82.6 Å². The Balaban J connectivity index is 1.72. The summed E-state index contributed by atoms with van der Waals surface area (Å²) in [6.07, 6.45) is 0. The van der Waals surface area contributed by atoms with Gasteiger partial charge in [-0.05, 0) is 74.2 Å². The molecule has 0 unspecified atom stereocenters. The normalized spacial score (nSPS) is 10.9. The molecule has 0 amide bonds. The molecule has 0 aromatic heterocycles. The van der Waals surface area contributed by atoms with Gasteiger partial charge in [0.1, 0.15) is 0 Å². The Labute approximate surface area is 202 Å². The van der Waals surface area contributed by atoms with Gasteiger partial charge in [0.15, 0.2) is 0 Å². The summed E-state index contributed by atoms with van der Waals surface area (Å²) in [4.78, 5) is 0.343. The molecule has 0 spiro atoms. The highest BCUT2D eigenvalue weighted by molar-refractivity contribution is 7.89. The van der Waals surface area contributed by atoms with Gasteiger partial charge < -0.3 is 0 Å². The first kappa shape index (κ1) is 24.9. The molecule has 0 saturated heterocycles. The predicted molar refractivity (Wildman–Crippen MR) is 132 cm³/mol. The van der Waals surface area contributed by atoms with E-state index in [9.17, 15) is 16.8 Å². The number of nitrogens with zero attached hydrogens (tertiary/aromatic N) is 2. The van der Waals surface area contributed by atoms with E-state index in [1.807, 2.05) is 13.8 Å². The van der Waals surface area contributed by atoms with Crippen LogP contribution in [0.3, 0.4) is 0 Å².